The Kier molecular flexibility index (Phi) is 5.51. The summed E-state index contributed by atoms with van der Waals surface area (Å²) in [5.74, 6) is 0.454. The minimum Gasteiger partial charge on any atom is -0.497 e. The van der Waals surface area contributed by atoms with Gasteiger partial charge < -0.3 is 19.5 Å². The van der Waals surface area contributed by atoms with Crippen molar-refractivity contribution in [3.8, 4) is 17.0 Å². The highest BCUT2D eigenvalue weighted by Gasteiger charge is 2.13. The van der Waals surface area contributed by atoms with Crippen LogP contribution in [0, 0.1) is 0 Å². The summed E-state index contributed by atoms with van der Waals surface area (Å²) in [6.45, 7) is 0.249. The van der Waals surface area contributed by atoms with Crippen molar-refractivity contribution >= 4 is 5.91 Å². The monoisotopic (exact) mass is 305 g/mol. The minimum absolute atomic E-state index is 0.249. The van der Waals surface area contributed by atoms with E-state index in [4.69, 9.17) is 14.2 Å². The van der Waals surface area contributed by atoms with E-state index in [2.05, 4.69) is 15.5 Å². The molecule has 2 N–H and O–H groups in total. The molecule has 2 aromatic rings. The smallest absolute Gasteiger partial charge is 0.269 e. The lowest BCUT2D eigenvalue weighted by Crippen LogP contribution is -2.34. The van der Waals surface area contributed by atoms with E-state index in [9.17, 15) is 4.79 Å². The summed E-state index contributed by atoms with van der Waals surface area (Å²) in [5, 5.41) is 9.57. The molecule has 0 aliphatic heterocycles. The highest BCUT2D eigenvalue weighted by atomic mass is 16.7. The molecule has 1 heterocycles. The number of rotatable bonds is 7. The Morgan fingerprint density at radius 3 is 2.73 bits per heavy atom. The van der Waals surface area contributed by atoms with Crippen molar-refractivity contribution in [3.63, 3.8) is 0 Å². The molecule has 1 amide bonds. The number of H-pyrrole nitrogens is 1. The summed E-state index contributed by atoms with van der Waals surface area (Å²) in [6, 6.07) is 9.14. The lowest BCUT2D eigenvalue weighted by molar-refractivity contribution is -0.0974. The summed E-state index contributed by atoms with van der Waals surface area (Å²) in [5.41, 5.74) is 1.89. The molecule has 0 atom stereocenters. The van der Waals surface area contributed by atoms with E-state index >= 15 is 0 Å². The molecule has 0 aliphatic carbocycles. The Hall–Kier alpha value is -2.38. The summed E-state index contributed by atoms with van der Waals surface area (Å²) < 4.78 is 15.2. The highest BCUT2D eigenvalue weighted by molar-refractivity contribution is 5.93. The summed E-state index contributed by atoms with van der Waals surface area (Å²) >= 11 is 0. The van der Waals surface area contributed by atoms with Crippen LogP contribution in [-0.2, 0) is 9.47 Å². The topological polar surface area (TPSA) is 85.5 Å². The Bertz CT molecular complexity index is 623. The number of carbonyl (C=O) groups is 1. The largest absolute Gasteiger partial charge is 0.497 e. The molecule has 0 aliphatic rings. The molecule has 0 radical (unpaired) electrons. The molecule has 0 unspecified atom stereocenters. The Morgan fingerprint density at radius 2 is 2.05 bits per heavy atom. The molecule has 0 fully saturated rings. The predicted octanol–water partition coefficient (Wildman–Crippen LogP) is 1.43. The van der Waals surface area contributed by atoms with Crippen molar-refractivity contribution in [1.82, 2.24) is 15.5 Å². The molecule has 0 bridgehead atoms. The maximum atomic E-state index is 12.0. The van der Waals surface area contributed by atoms with Crippen LogP contribution in [0.3, 0.4) is 0 Å². The molecule has 118 valence electrons. The van der Waals surface area contributed by atoms with Crippen LogP contribution in [0.5, 0.6) is 5.75 Å². The summed E-state index contributed by atoms with van der Waals surface area (Å²) in [7, 11) is 4.62. The van der Waals surface area contributed by atoms with Crippen LogP contribution in [0.15, 0.2) is 30.3 Å². The van der Waals surface area contributed by atoms with Gasteiger partial charge in [-0.25, -0.2) is 0 Å². The van der Waals surface area contributed by atoms with Crippen LogP contribution in [0.4, 0.5) is 0 Å². The normalized spacial score (nSPS) is 10.7. The van der Waals surface area contributed by atoms with Gasteiger partial charge in [0, 0.05) is 19.8 Å². The zero-order valence-electron chi connectivity index (χ0n) is 12.8. The van der Waals surface area contributed by atoms with Crippen LogP contribution in [0.2, 0.25) is 0 Å². The number of aromatic nitrogens is 2. The molecule has 7 nitrogen and oxygen atoms in total. The summed E-state index contributed by atoms with van der Waals surface area (Å²) in [4.78, 5) is 12.0. The molecule has 0 saturated heterocycles. The number of amides is 1. The van der Waals surface area contributed by atoms with E-state index < -0.39 is 6.29 Å². The lowest BCUT2D eigenvalue weighted by atomic mass is 10.1. The standard InChI is InChI=1S/C15H19N3O4/c1-20-11-6-4-5-10(7-11)12-8-13(18-17-12)15(19)16-9-14(21-2)22-3/h4-8,14H,9H2,1-3H3,(H,16,19)(H,17,18). The van der Waals surface area contributed by atoms with E-state index in [0.29, 0.717) is 11.4 Å². The van der Waals surface area contributed by atoms with Gasteiger partial charge in [-0.3, -0.25) is 9.89 Å². The number of methoxy groups -OCH3 is 3. The second-order valence-corrected chi connectivity index (χ2v) is 4.51. The van der Waals surface area contributed by atoms with E-state index in [0.717, 1.165) is 11.3 Å². The van der Waals surface area contributed by atoms with Gasteiger partial charge in [0.1, 0.15) is 11.4 Å². The molecule has 2 rings (SSSR count). The van der Waals surface area contributed by atoms with Gasteiger partial charge in [-0.05, 0) is 18.2 Å². The Balaban J connectivity index is 2.05. The third-order valence-corrected chi connectivity index (χ3v) is 3.14. The first-order valence-corrected chi connectivity index (χ1v) is 6.71. The minimum atomic E-state index is -0.482. The van der Waals surface area contributed by atoms with Gasteiger partial charge >= 0.3 is 0 Å². The fourth-order valence-electron chi connectivity index (χ4n) is 1.90. The average molecular weight is 305 g/mol. The molecule has 7 heteroatoms. The van der Waals surface area contributed by atoms with Crippen LogP contribution >= 0.6 is 0 Å². The van der Waals surface area contributed by atoms with Crippen molar-refractivity contribution in [2.24, 2.45) is 0 Å². The van der Waals surface area contributed by atoms with Crippen molar-refractivity contribution < 1.29 is 19.0 Å². The molecular weight excluding hydrogens is 286 g/mol. The fraction of sp³-hybridized carbons (Fsp3) is 0.333. The zero-order chi connectivity index (χ0) is 15.9. The second-order valence-electron chi connectivity index (χ2n) is 4.51. The van der Waals surface area contributed by atoms with E-state index in [1.807, 2.05) is 24.3 Å². The van der Waals surface area contributed by atoms with E-state index in [1.54, 1.807) is 13.2 Å². The number of benzene rings is 1. The van der Waals surface area contributed by atoms with Gasteiger partial charge in [0.25, 0.3) is 5.91 Å². The quantitative estimate of drug-likeness (QED) is 0.756. The van der Waals surface area contributed by atoms with Gasteiger partial charge in [-0.1, -0.05) is 12.1 Å². The SMILES string of the molecule is COc1cccc(-c2cc(C(=O)NCC(OC)OC)[nH]n2)c1. The average Bonchev–Trinajstić information content (AvgIpc) is 3.06. The first kappa shape index (κ1) is 16.0. The maximum absolute atomic E-state index is 12.0. The van der Waals surface area contributed by atoms with Crippen LogP contribution in [-0.4, -0.2) is 50.3 Å². The lowest BCUT2D eigenvalue weighted by Gasteiger charge is -2.13. The van der Waals surface area contributed by atoms with Crippen LogP contribution in [0.25, 0.3) is 11.3 Å². The van der Waals surface area contributed by atoms with Crippen LogP contribution in [0.1, 0.15) is 10.5 Å². The van der Waals surface area contributed by atoms with Crippen molar-refractivity contribution in [2.75, 3.05) is 27.9 Å². The molecule has 0 spiro atoms. The van der Waals surface area contributed by atoms with Crippen molar-refractivity contribution in [1.29, 1.82) is 0 Å². The highest BCUT2D eigenvalue weighted by Crippen LogP contribution is 2.22. The van der Waals surface area contributed by atoms with Crippen molar-refractivity contribution in [2.45, 2.75) is 6.29 Å². The number of carbonyl (C=O) groups excluding carboxylic acids is 1. The van der Waals surface area contributed by atoms with E-state index in [-0.39, 0.29) is 12.5 Å². The first-order chi connectivity index (χ1) is 10.7. The maximum Gasteiger partial charge on any atom is 0.269 e. The van der Waals surface area contributed by atoms with Crippen molar-refractivity contribution in [3.05, 3.63) is 36.0 Å². The van der Waals surface area contributed by atoms with E-state index in [1.165, 1.54) is 14.2 Å². The number of aromatic amines is 1. The number of nitrogens with zero attached hydrogens (tertiary/aromatic N) is 1. The second kappa shape index (κ2) is 7.58. The number of ether oxygens (including phenoxy) is 3. The molecule has 22 heavy (non-hydrogen) atoms. The number of nitrogens with one attached hydrogen (secondary N) is 2. The third kappa shape index (κ3) is 3.84. The molecular formula is C15H19N3O4. The Morgan fingerprint density at radius 1 is 1.27 bits per heavy atom. The fourth-order valence-corrected chi connectivity index (χ4v) is 1.90. The van der Waals surface area contributed by atoms with Gasteiger partial charge in [-0.2, -0.15) is 5.10 Å². The van der Waals surface area contributed by atoms with Gasteiger partial charge in [-0.15, -0.1) is 0 Å². The summed E-state index contributed by atoms with van der Waals surface area (Å²) in [6.07, 6.45) is -0.482. The van der Waals surface area contributed by atoms with Gasteiger partial charge in [0.2, 0.25) is 0 Å². The molecule has 1 aromatic carbocycles. The molecule has 0 saturated carbocycles. The zero-order valence-corrected chi connectivity index (χ0v) is 12.8. The van der Waals surface area contributed by atoms with Crippen LogP contribution < -0.4 is 10.1 Å². The van der Waals surface area contributed by atoms with Gasteiger partial charge in [0.15, 0.2) is 6.29 Å². The molecule has 1 aromatic heterocycles. The number of hydrogen-bond donors (Lipinski definition) is 2. The Labute approximate surface area is 128 Å². The third-order valence-electron chi connectivity index (χ3n) is 3.14. The predicted molar refractivity (Wildman–Crippen MR) is 80.7 cm³/mol. The number of hydrogen-bond acceptors (Lipinski definition) is 5. The van der Waals surface area contributed by atoms with Gasteiger partial charge in [0.05, 0.1) is 19.3 Å². The first-order valence-electron chi connectivity index (χ1n) is 6.71.